The lowest BCUT2D eigenvalue weighted by molar-refractivity contribution is 0.220. The zero-order valence-corrected chi connectivity index (χ0v) is 11.8. The summed E-state index contributed by atoms with van der Waals surface area (Å²) < 4.78 is 0. The van der Waals surface area contributed by atoms with E-state index in [0.29, 0.717) is 5.41 Å². The summed E-state index contributed by atoms with van der Waals surface area (Å²) in [7, 11) is 0. The van der Waals surface area contributed by atoms with Crippen molar-refractivity contribution in [3.63, 3.8) is 0 Å². The van der Waals surface area contributed by atoms with E-state index in [9.17, 15) is 0 Å². The summed E-state index contributed by atoms with van der Waals surface area (Å²) >= 11 is 0. The fourth-order valence-corrected chi connectivity index (χ4v) is 2.80. The predicted octanol–water partition coefficient (Wildman–Crippen LogP) is 3.32. The van der Waals surface area contributed by atoms with Crippen LogP contribution in [0, 0.1) is 11.3 Å². The number of nitrogens with zero attached hydrogens (tertiary/aromatic N) is 2. The molecule has 0 aromatic carbocycles. The van der Waals surface area contributed by atoms with Crippen molar-refractivity contribution in [1.82, 2.24) is 4.98 Å². The molecule has 0 saturated carbocycles. The molecule has 1 saturated heterocycles. The SMILES string of the molecule is CC(C)(C)C1CCCN(c2cc(N)ccn2)CC1. The average Bonchev–Trinajstić information content (AvgIpc) is 2.53. The Bertz CT molecular complexity index is 395. The van der Waals surface area contributed by atoms with Crippen molar-refractivity contribution < 1.29 is 0 Å². The number of pyridine rings is 1. The molecule has 0 radical (unpaired) electrons. The topological polar surface area (TPSA) is 42.1 Å². The molecular formula is C15H25N3. The molecule has 18 heavy (non-hydrogen) atoms. The second-order valence-corrected chi connectivity index (χ2v) is 6.43. The molecule has 3 nitrogen and oxygen atoms in total. The average molecular weight is 247 g/mol. The summed E-state index contributed by atoms with van der Waals surface area (Å²) in [5.41, 5.74) is 7.05. The van der Waals surface area contributed by atoms with Gasteiger partial charge in [0.15, 0.2) is 0 Å². The number of nitrogen functional groups attached to an aromatic ring is 1. The summed E-state index contributed by atoms with van der Waals surface area (Å²) in [4.78, 5) is 6.82. The zero-order chi connectivity index (χ0) is 13.2. The molecule has 3 heteroatoms. The molecular weight excluding hydrogens is 222 g/mol. The van der Waals surface area contributed by atoms with Gasteiger partial charge in [-0.1, -0.05) is 20.8 Å². The highest BCUT2D eigenvalue weighted by Crippen LogP contribution is 2.35. The highest BCUT2D eigenvalue weighted by molar-refractivity contribution is 5.50. The molecule has 0 aliphatic carbocycles. The third-order valence-corrected chi connectivity index (χ3v) is 4.05. The molecule has 0 bridgehead atoms. The van der Waals surface area contributed by atoms with Gasteiger partial charge >= 0.3 is 0 Å². The lowest BCUT2D eigenvalue weighted by Crippen LogP contribution is -2.26. The predicted molar refractivity (Wildman–Crippen MR) is 77.7 cm³/mol. The molecule has 1 aromatic rings. The number of rotatable bonds is 1. The van der Waals surface area contributed by atoms with Crippen LogP contribution < -0.4 is 10.6 Å². The van der Waals surface area contributed by atoms with Crippen molar-refractivity contribution in [2.45, 2.75) is 40.0 Å². The van der Waals surface area contributed by atoms with Gasteiger partial charge in [0, 0.05) is 31.0 Å². The molecule has 1 atom stereocenters. The molecule has 1 unspecified atom stereocenters. The van der Waals surface area contributed by atoms with E-state index in [-0.39, 0.29) is 0 Å². The van der Waals surface area contributed by atoms with Gasteiger partial charge in [0.25, 0.3) is 0 Å². The maximum atomic E-state index is 5.83. The number of hydrogen-bond acceptors (Lipinski definition) is 3. The van der Waals surface area contributed by atoms with Gasteiger partial charge in [-0.3, -0.25) is 0 Å². The summed E-state index contributed by atoms with van der Waals surface area (Å²) in [6.07, 6.45) is 5.62. The Morgan fingerprint density at radius 2 is 2.06 bits per heavy atom. The quantitative estimate of drug-likeness (QED) is 0.827. The van der Waals surface area contributed by atoms with Gasteiger partial charge in [0.1, 0.15) is 5.82 Å². The summed E-state index contributed by atoms with van der Waals surface area (Å²) in [5, 5.41) is 0. The summed E-state index contributed by atoms with van der Waals surface area (Å²) in [5.74, 6) is 1.84. The highest BCUT2D eigenvalue weighted by Gasteiger charge is 2.27. The molecule has 2 rings (SSSR count). The first-order valence-electron chi connectivity index (χ1n) is 6.93. The Balaban J connectivity index is 2.05. The van der Waals surface area contributed by atoms with E-state index >= 15 is 0 Å². The smallest absolute Gasteiger partial charge is 0.130 e. The Morgan fingerprint density at radius 3 is 2.72 bits per heavy atom. The largest absolute Gasteiger partial charge is 0.399 e. The number of nitrogens with two attached hydrogens (primary N) is 1. The van der Waals surface area contributed by atoms with Crippen molar-refractivity contribution in [1.29, 1.82) is 0 Å². The molecule has 1 aliphatic heterocycles. The maximum Gasteiger partial charge on any atom is 0.130 e. The van der Waals surface area contributed by atoms with Gasteiger partial charge in [-0.05, 0) is 36.7 Å². The third-order valence-electron chi connectivity index (χ3n) is 4.05. The Kier molecular flexibility index (Phi) is 3.79. The van der Waals surface area contributed by atoms with Crippen LogP contribution >= 0.6 is 0 Å². The second-order valence-electron chi connectivity index (χ2n) is 6.43. The van der Waals surface area contributed by atoms with Gasteiger partial charge in [0.2, 0.25) is 0 Å². The van der Waals surface area contributed by atoms with Crippen LogP contribution in [0.5, 0.6) is 0 Å². The van der Waals surface area contributed by atoms with E-state index in [1.807, 2.05) is 12.1 Å². The van der Waals surface area contributed by atoms with Crippen molar-refractivity contribution in [3.05, 3.63) is 18.3 Å². The van der Waals surface area contributed by atoms with Crippen molar-refractivity contribution in [3.8, 4) is 0 Å². The van der Waals surface area contributed by atoms with Gasteiger partial charge in [-0.2, -0.15) is 0 Å². The lowest BCUT2D eigenvalue weighted by Gasteiger charge is -2.29. The van der Waals surface area contributed by atoms with Gasteiger partial charge in [-0.15, -0.1) is 0 Å². The van der Waals surface area contributed by atoms with Crippen LogP contribution in [0.3, 0.4) is 0 Å². The van der Waals surface area contributed by atoms with Crippen LogP contribution in [-0.4, -0.2) is 18.1 Å². The van der Waals surface area contributed by atoms with Crippen LogP contribution in [0.2, 0.25) is 0 Å². The third kappa shape index (κ3) is 3.15. The van der Waals surface area contributed by atoms with Crippen molar-refractivity contribution in [2.24, 2.45) is 11.3 Å². The molecule has 1 aliphatic rings. The molecule has 1 aromatic heterocycles. The Labute approximate surface area is 110 Å². The standard InChI is InChI=1S/C15H25N3/c1-15(2,3)12-5-4-9-18(10-7-12)14-11-13(16)6-8-17-14/h6,8,11-12H,4-5,7,9-10H2,1-3H3,(H2,16,17). The van der Waals surface area contributed by atoms with E-state index in [4.69, 9.17) is 5.73 Å². The Morgan fingerprint density at radius 1 is 1.28 bits per heavy atom. The minimum absolute atomic E-state index is 0.416. The highest BCUT2D eigenvalue weighted by atomic mass is 15.2. The fraction of sp³-hybridized carbons (Fsp3) is 0.667. The lowest BCUT2D eigenvalue weighted by atomic mass is 9.77. The summed E-state index contributed by atoms with van der Waals surface area (Å²) in [6, 6.07) is 3.83. The van der Waals surface area contributed by atoms with E-state index in [1.165, 1.54) is 19.3 Å². The van der Waals surface area contributed by atoms with Crippen LogP contribution in [0.1, 0.15) is 40.0 Å². The van der Waals surface area contributed by atoms with Crippen LogP contribution in [0.25, 0.3) is 0 Å². The fourth-order valence-electron chi connectivity index (χ4n) is 2.80. The number of anilines is 2. The minimum Gasteiger partial charge on any atom is -0.399 e. The number of aromatic nitrogens is 1. The van der Waals surface area contributed by atoms with Crippen molar-refractivity contribution >= 4 is 11.5 Å². The first-order valence-corrected chi connectivity index (χ1v) is 6.93. The molecule has 1 fully saturated rings. The monoisotopic (exact) mass is 247 g/mol. The molecule has 0 amide bonds. The molecule has 100 valence electrons. The maximum absolute atomic E-state index is 5.83. The van der Waals surface area contributed by atoms with E-state index < -0.39 is 0 Å². The summed E-state index contributed by atoms with van der Waals surface area (Å²) in [6.45, 7) is 9.26. The van der Waals surface area contributed by atoms with Crippen molar-refractivity contribution in [2.75, 3.05) is 23.7 Å². The van der Waals surface area contributed by atoms with Gasteiger partial charge in [0.05, 0.1) is 0 Å². The normalized spacial score (nSPS) is 21.7. The van der Waals surface area contributed by atoms with E-state index in [1.54, 1.807) is 6.20 Å². The van der Waals surface area contributed by atoms with Crippen LogP contribution in [0.4, 0.5) is 11.5 Å². The minimum atomic E-state index is 0.416. The molecule has 2 heterocycles. The van der Waals surface area contributed by atoms with Crippen LogP contribution in [-0.2, 0) is 0 Å². The zero-order valence-electron chi connectivity index (χ0n) is 11.8. The number of hydrogen-bond donors (Lipinski definition) is 1. The first kappa shape index (κ1) is 13.2. The first-order chi connectivity index (χ1) is 8.47. The second kappa shape index (κ2) is 5.17. The van der Waals surface area contributed by atoms with Gasteiger partial charge in [-0.25, -0.2) is 4.98 Å². The van der Waals surface area contributed by atoms with Gasteiger partial charge < -0.3 is 10.6 Å². The van der Waals surface area contributed by atoms with Crippen LogP contribution in [0.15, 0.2) is 18.3 Å². The van der Waals surface area contributed by atoms with E-state index in [2.05, 4.69) is 30.7 Å². The molecule has 0 spiro atoms. The van der Waals surface area contributed by atoms with E-state index in [0.717, 1.165) is 30.5 Å². The Hall–Kier alpha value is -1.25. The molecule has 2 N–H and O–H groups in total.